The first kappa shape index (κ1) is 27.1. The Hall–Kier alpha value is -4.14. The SMILES string of the molecule is COc1cc2c(c3c1c(=O)c1cc4ccccc4cc1n3C)[C@@H](O)[C@@H](OC(=O)/C=C/c1cccc(Br)c1)C(C)(C)O2. The summed E-state index contributed by atoms with van der Waals surface area (Å²) in [6.07, 6.45) is 0.619. The number of esters is 1. The zero-order chi connectivity index (χ0) is 29.1. The van der Waals surface area contributed by atoms with E-state index in [1.165, 1.54) is 13.2 Å². The number of benzene rings is 4. The molecule has 2 heterocycles. The van der Waals surface area contributed by atoms with Gasteiger partial charge in [0.15, 0.2) is 6.10 Å². The molecule has 0 spiro atoms. The number of hydrogen-bond donors (Lipinski definition) is 1. The van der Waals surface area contributed by atoms with Crippen LogP contribution in [0.15, 0.2) is 82.1 Å². The lowest BCUT2D eigenvalue weighted by Gasteiger charge is -2.42. The van der Waals surface area contributed by atoms with Crippen LogP contribution < -0.4 is 14.9 Å². The van der Waals surface area contributed by atoms with Crippen LogP contribution in [0.25, 0.3) is 38.7 Å². The summed E-state index contributed by atoms with van der Waals surface area (Å²) in [4.78, 5) is 26.9. The summed E-state index contributed by atoms with van der Waals surface area (Å²) in [5.74, 6) is 0.0709. The van der Waals surface area contributed by atoms with E-state index in [9.17, 15) is 14.7 Å². The highest BCUT2D eigenvalue weighted by atomic mass is 79.9. The molecule has 0 amide bonds. The van der Waals surface area contributed by atoms with Crippen molar-refractivity contribution >= 4 is 60.6 Å². The summed E-state index contributed by atoms with van der Waals surface area (Å²) in [6.45, 7) is 3.49. The van der Waals surface area contributed by atoms with Crippen LogP contribution in [0.5, 0.6) is 11.5 Å². The van der Waals surface area contributed by atoms with Gasteiger partial charge in [0.05, 0.1) is 29.1 Å². The topological polar surface area (TPSA) is 87.0 Å². The maximum atomic E-state index is 14.0. The van der Waals surface area contributed by atoms with Crippen molar-refractivity contribution in [3.8, 4) is 11.5 Å². The molecular weight excluding hydrogens is 586 g/mol. The van der Waals surface area contributed by atoms with Crippen molar-refractivity contribution in [3.05, 3.63) is 98.6 Å². The molecule has 0 unspecified atom stereocenters. The standard InChI is InChI=1S/C33H28BrNO6/c1-33(2)32(40-26(36)13-12-18-8-7-11-21(34)14-18)31(38)28-25(41-33)17-24(39-4)27-29(28)35(3)23-16-20-10-6-5-9-19(20)15-22(23)30(27)37/h5-17,31-32,38H,1-4H3/b13-12+/t31-,32-/m1/s1. The van der Waals surface area contributed by atoms with Crippen molar-refractivity contribution in [2.45, 2.75) is 31.7 Å². The molecule has 208 valence electrons. The predicted molar refractivity (Wildman–Crippen MR) is 163 cm³/mol. The van der Waals surface area contributed by atoms with Gasteiger partial charge in [-0.05, 0) is 60.5 Å². The molecule has 1 N–H and O–H groups in total. The van der Waals surface area contributed by atoms with Gasteiger partial charge >= 0.3 is 5.97 Å². The number of carbonyl (C=O) groups excluding carboxylic acids is 1. The number of pyridine rings is 1. The van der Waals surface area contributed by atoms with Crippen molar-refractivity contribution in [3.63, 3.8) is 0 Å². The predicted octanol–water partition coefficient (Wildman–Crippen LogP) is 6.45. The number of hydrogen-bond acceptors (Lipinski definition) is 6. The highest BCUT2D eigenvalue weighted by Gasteiger charge is 2.47. The normalized spacial score (nSPS) is 18.0. The molecule has 1 aliphatic rings. The maximum absolute atomic E-state index is 14.0. The fourth-order valence-corrected chi connectivity index (χ4v) is 6.11. The lowest BCUT2D eigenvalue weighted by molar-refractivity contribution is -0.171. The van der Waals surface area contributed by atoms with Crippen molar-refractivity contribution in [2.75, 3.05) is 7.11 Å². The molecule has 1 aliphatic heterocycles. The molecule has 6 rings (SSSR count). The number of nitrogens with zero attached hydrogens (tertiary/aromatic N) is 1. The van der Waals surface area contributed by atoms with Crippen LogP contribution in [0.1, 0.15) is 31.1 Å². The Morgan fingerprint density at radius 3 is 2.51 bits per heavy atom. The number of rotatable bonds is 4. The zero-order valence-electron chi connectivity index (χ0n) is 23.0. The Labute approximate surface area is 244 Å². The largest absolute Gasteiger partial charge is 0.496 e. The molecule has 4 aromatic carbocycles. The van der Waals surface area contributed by atoms with Gasteiger partial charge in [-0.3, -0.25) is 4.79 Å². The van der Waals surface area contributed by atoms with Crippen LogP contribution in [0.3, 0.4) is 0 Å². The summed E-state index contributed by atoms with van der Waals surface area (Å²) in [6, 6.07) is 20.8. The van der Waals surface area contributed by atoms with Crippen LogP contribution in [0.2, 0.25) is 0 Å². The van der Waals surface area contributed by atoms with Gasteiger partial charge in [0.25, 0.3) is 0 Å². The number of ether oxygens (including phenoxy) is 3. The minimum Gasteiger partial charge on any atom is -0.496 e. The summed E-state index contributed by atoms with van der Waals surface area (Å²) in [7, 11) is 3.34. The number of carbonyl (C=O) groups is 1. The average Bonchev–Trinajstić information content (AvgIpc) is 2.95. The van der Waals surface area contributed by atoms with E-state index in [1.807, 2.05) is 72.3 Å². The van der Waals surface area contributed by atoms with E-state index in [0.29, 0.717) is 38.9 Å². The Morgan fingerprint density at radius 1 is 1.07 bits per heavy atom. The molecular formula is C33H28BrNO6. The molecule has 0 bridgehead atoms. The molecule has 8 heteroatoms. The van der Waals surface area contributed by atoms with E-state index in [-0.39, 0.29) is 5.43 Å². The molecule has 0 aliphatic carbocycles. The first-order valence-corrected chi connectivity index (χ1v) is 14.0. The Kier molecular flexibility index (Phi) is 6.63. The third-order valence-electron chi connectivity index (χ3n) is 7.66. The van der Waals surface area contributed by atoms with Crippen LogP contribution >= 0.6 is 15.9 Å². The van der Waals surface area contributed by atoms with E-state index in [4.69, 9.17) is 14.2 Å². The minimum atomic E-state index is -1.28. The number of fused-ring (bicyclic) bond motifs is 5. The second-order valence-corrected chi connectivity index (χ2v) is 11.6. The fraction of sp³-hybridized carbons (Fsp3) is 0.212. The minimum absolute atomic E-state index is 0.221. The Morgan fingerprint density at radius 2 is 1.80 bits per heavy atom. The molecule has 1 aromatic heterocycles. The van der Waals surface area contributed by atoms with E-state index in [2.05, 4.69) is 15.9 Å². The number of aliphatic hydroxyl groups is 1. The molecule has 0 saturated carbocycles. The molecule has 0 fully saturated rings. The van der Waals surface area contributed by atoms with Crippen molar-refractivity contribution in [1.29, 1.82) is 0 Å². The molecule has 7 nitrogen and oxygen atoms in total. The van der Waals surface area contributed by atoms with Gasteiger partial charge in [-0.25, -0.2) is 4.79 Å². The summed E-state index contributed by atoms with van der Waals surface area (Å²) >= 11 is 3.42. The molecule has 2 atom stereocenters. The van der Waals surface area contributed by atoms with Gasteiger partial charge in [-0.1, -0.05) is 52.3 Å². The van der Waals surface area contributed by atoms with Crippen LogP contribution in [-0.4, -0.2) is 34.5 Å². The smallest absolute Gasteiger partial charge is 0.331 e. The highest BCUT2D eigenvalue weighted by molar-refractivity contribution is 9.10. The number of aliphatic hydroxyl groups excluding tert-OH is 1. The van der Waals surface area contributed by atoms with Crippen LogP contribution in [0.4, 0.5) is 0 Å². The molecule has 5 aromatic rings. The lowest BCUT2D eigenvalue weighted by atomic mass is 9.86. The van der Waals surface area contributed by atoms with E-state index < -0.39 is 23.8 Å². The fourth-order valence-electron chi connectivity index (χ4n) is 5.70. The Balaban J connectivity index is 1.51. The van der Waals surface area contributed by atoms with Crippen LogP contribution in [-0.2, 0) is 16.6 Å². The number of aromatic nitrogens is 1. The number of methoxy groups -OCH3 is 1. The Bertz CT molecular complexity index is 1960. The van der Waals surface area contributed by atoms with Gasteiger partial charge in [-0.2, -0.15) is 0 Å². The number of aryl methyl sites for hydroxylation is 1. The molecule has 41 heavy (non-hydrogen) atoms. The molecule has 0 radical (unpaired) electrons. The van der Waals surface area contributed by atoms with Crippen molar-refractivity contribution < 1.29 is 24.1 Å². The number of halogens is 1. The van der Waals surface area contributed by atoms with Crippen molar-refractivity contribution in [1.82, 2.24) is 4.57 Å². The first-order valence-electron chi connectivity index (χ1n) is 13.2. The maximum Gasteiger partial charge on any atom is 0.331 e. The summed E-state index contributed by atoms with van der Waals surface area (Å²) in [5.41, 5.74) is 1.02. The lowest BCUT2D eigenvalue weighted by Crippen LogP contribution is -2.51. The second-order valence-electron chi connectivity index (χ2n) is 10.7. The van der Waals surface area contributed by atoms with E-state index >= 15 is 0 Å². The average molecular weight is 614 g/mol. The quantitative estimate of drug-likeness (QED) is 0.142. The summed E-state index contributed by atoms with van der Waals surface area (Å²) in [5, 5.41) is 14.6. The first-order chi connectivity index (χ1) is 19.6. The van der Waals surface area contributed by atoms with E-state index in [0.717, 1.165) is 20.8 Å². The second kappa shape index (κ2) is 10.0. The monoisotopic (exact) mass is 613 g/mol. The molecule has 0 saturated heterocycles. The van der Waals surface area contributed by atoms with Gasteiger partial charge in [0, 0.05) is 29.0 Å². The van der Waals surface area contributed by atoms with E-state index in [1.54, 1.807) is 26.0 Å². The third-order valence-corrected chi connectivity index (χ3v) is 8.16. The van der Waals surface area contributed by atoms with Crippen molar-refractivity contribution in [2.24, 2.45) is 7.05 Å². The zero-order valence-corrected chi connectivity index (χ0v) is 24.6. The third kappa shape index (κ3) is 4.57. The van der Waals surface area contributed by atoms with Gasteiger partial charge in [0.2, 0.25) is 5.43 Å². The van der Waals surface area contributed by atoms with Crippen LogP contribution in [0, 0.1) is 0 Å². The summed E-state index contributed by atoms with van der Waals surface area (Å²) < 4.78 is 20.6. The van der Waals surface area contributed by atoms with Gasteiger partial charge < -0.3 is 23.9 Å². The highest BCUT2D eigenvalue weighted by Crippen LogP contribution is 2.47. The van der Waals surface area contributed by atoms with Gasteiger partial charge in [0.1, 0.15) is 23.2 Å². The van der Waals surface area contributed by atoms with Gasteiger partial charge in [-0.15, -0.1) is 0 Å².